The lowest BCUT2D eigenvalue weighted by molar-refractivity contribution is -0.151. The first kappa shape index (κ1) is 14.3. The molecule has 0 aromatic carbocycles. The number of hydrogen-bond acceptors (Lipinski definition) is 3. The van der Waals surface area contributed by atoms with Gasteiger partial charge in [0, 0.05) is 19.1 Å². The van der Waals surface area contributed by atoms with Gasteiger partial charge in [-0.25, -0.2) is 0 Å². The molecule has 2 amide bonds. The zero-order valence-corrected chi connectivity index (χ0v) is 12.2. The quantitative estimate of drug-likeness (QED) is 0.823. The summed E-state index contributed by atoms with van der Waals surface area (Å²) >= 11 is 0. The average molecular weight is 268 g/mol. The van der Waals surface area contributed by atoms with Gasteiger partial charge in [-0.3, -0.25) is 9.59 Å². The summed E-state index contributed by atoms with van der Waals surface area (Å²) < 4.78 is 5.55. The first-order valence-corrected chi connectivity index (χ1v) is 7.14. The molecule has 2 fully saturated rings. The van der Waals surface area contributed by atoms with E-state index in [4.69, 9.17) is 4.74 Å². The summed E-state index contributed by atoms with van der Waals surface area (Å²) in [5.41, 5.74) is 0. The van der Waals surface area contributed by atoms with Crippen molar-refractivity contribution in [1.29, 1.82) is 0 Å². The van der Waals surface area contributed by atoms with Gasteiger partial charge in [-0.2, -0.15) is 0 Å². The Morgan fingerprint density at radius 3 is 2.58 bits per heavy atom. The Morgan fingerprint density at radius 2 is 2.05 bits per heavy atom. The van der Waals surface area contributed by atoms with E-state index in [-0.39, 0.29) is 29.9 Å². The highest BCUT2D eigenvalue weighted by Gasteiger charge is 2.42. The molecule has 0 saturated carbocycles. The topological polar surface area (TPSA) is 58.6 Å². The molecule has 2 saturated heterocycles. The van der Waals surface area contributed by atoms with Crippen LogP contribution in [0.3, 0.4) is 0 Å². The lowest BCUT2D eigenvalue weighted by atomic mass is 9.94. The monoisotopic (exact) mass is 268 g/mol. The highest BCUT2D eigenvalue weighted by atomic mass is 16.5. The summed E-state index contributed by atoms with van der Waals surface area (Å²) in [6.07, 6.45) is 1.13. The normalized spacial score (nSPS) is 35.9. The van der Waals surface area contributed by atoms with Crippen LogP contribution in [0.1, 0.15) is 34.1 Å². The lowest BCUT2D eigenvalue weighted by Gasteiger charge is -2.41. The maximum absolute atomic E-state index is 12.4. The highest BCUT2D eigenvalue weighted by Crippen LogP contribution is 2.25. The molecule has 0 bridgehead atoms. The number of carbonyl (C=O) groups is 2. The first-order valence-electron chi connectivity index (χ1n) is 7.14. The van der Waals surface area contributed by atoms with Crippen molar-refractivity contribution >= 4 is 11.8 Å². The second kappa shape index (κ2) is 5.49. The van der Waals surface area contributed by atoms with Crippen LogP contribution in [0.5, 0.6) is 0 Å². The van der Waals surface area contributed by atoms with Crippen LogP contribution in [0.2, 0.25) is 0 Å². The van der Waals surface area contributed by atoms with Gasteiger partial charge in [0.2, 0.25) is 11.8 Å². The third-order valence-electron chi connectivity index (χ3n) is 4.21. The van der Waals surface area contributed by atoms with Gasteiger partial charge in [0.25, 0.3) is 0 Å². The number of rotatable bonds is 3. The second-order valence-electron chi connectivity index (χ2n) is 6.03. The van der Waals surface area contributed by atoms with Crippen molar-refractivity contribution in [1.82, 2.24) is 10.2 Å². The van der Waals surface area contributed by atoms with Crippen LogP contribution >= 0.6 is 0 Å². The maximum atomic E-state index is 12.4. The van der Waals surface area contributed by atoms with Gasteiger partial charge < -0.3 is 15.0 Å². The molecule has 4 unspecified atom stereocenters. The average Bonchev–Trinajstić information content (AvgIpc) is 2.71. The summed E-state index contributed by atoms with van der Waals surface area (Å²) in [6, 6.07) is -0.767. The van der Waals surface area contributed by atoms with Gasteiger partial charge in [-0.1, -0.05) is 13.8 Å². The van der Waals surface area contributed by atoms with Gasteiger partial charge >= 0.3 is 0 Å². The fourth-order valence-electron chi connectivity index (χ4n) is 3.02. The van der Waals surface area contributed by atoms with E-state index in [0.29, 0.717) is 12.5 Å². The molecule has 108 valence electrons. The van der Waals surface area contributed by atoms with Crippen LogP contribution < -0.4 is 5.32 Å². The molecule has 2 heterocycles. The third-order valence-corrected chi connectivity index (χ3v) is 4.21. The number of carbonyl (C=O) groups excluding carboxylic acids is 2. The molecule has 2 rings (SSSR count). The molecule has 19 heavy (non-hydrogen) atoms. The SMILES string of the molecule is CC1NC(=O)C(C(C)C)N(CC2CCOC2C)C1=O. The Morgan fingerprint density at radius 1 is 1.37 bits per heavy atom. The molecule has 5 heteroatoms. The van der Waals surface area contributed by atoms with Gasteiger partial charge in [0.15, 0.2) is 0 Å². The standard InChI is InChI=1S/C14H24N2O3/c1-8(2)12-13(17)15-9(3)14(18)16(12)7-11-5-6-19-10(11)4/h8-12H,5-7H2,1-4H3,(H,15,17). The predicted molar refractivity (Wildman–Crippen MR) is 71.5 cm³/mol. The van der Waals surface area contributed by atoms with Gasteiger partial charge in [-0.15, -0.1) is 0 Å². The van der Waals surface area contributed by atoms with Crippen LogP contribution in [0.25, 0.3) is 0 Å². The van der Waals surface area contributed by atoms with Crippen LogP contribution in [0.15, 0.2) is 0 Å². The minimum absolute atomic E-state index is 0.0254. The van der Waals surface area contributed by atoms with Crippen molar-refractivity contribution in [2.45, 2.75) is 52.3 Å². The molecular weight excluding hydrogens is 244 g/mol. The van der Waals surface area contributed by atoms with Crippen molar-refractivity contribution < 1.29 is 14.3 Å². The molecule has 4 atom stereocenters. The summed E-state index contributed by atoms with van der Waals surface area (Å²) in [6.45, 7) is 9.13. The Bertz CT molecular complexity index is 370. The number of piperazine rings is 1. The van der Waals surface area contributed by atoms with Crippen molar-refractivity contribution in [3.63, 3.8) is 0 Å². The van der Waals surface area contributed by atoms with E-state index in [9.17, 15) is 9.59 Å². The molecule has 5 nitrogen and oxygen atoms in total. The van der Waals surface area contributed by atoms with E-state index >= 15 is 0 Å². The molecule has 0 spiro atoms. The molecule has 0 aromatic heterocycles. The smallest absolute Gasteiger partial charge is 0.245 e. The van der Waals surface area contributed by atoms with E-state index in [0.717, 1.165) is 13.0 Å². The minimum Gasteiger partial charge on any atom is -0.378 e. The fraction of sp³-hybridized carbons (Fsp3) is 0.857. The fourth-order valence-corrected chi connectivity index (χ4v) is 3.02. The van der Waals surface area contributed by atoms with Gasteiger partial charge in [0.05, 0.1) is 6.10 Å². The second-order valence-corrected chi connectivity index (χ2v) is 6.03. The first-order chi connectivity index (χ1) is 8.91. The van der Waals surface area contributed by atoms with E-state index in [1.54, 1.807) is 11.8 Å². The van der Waals surface area contributed by atoms with Crippen molar-refractivity contribution in [3.05, 3.63) is 0 Å². The molecule has 0 aliphatic carbocycles. The van der Waals surface area contributed by atoms with Crippen LogP contribution in [-0.2, 0) is 14.3 Å². The number of nitrogens with zero attached hydrogens (tertiary/aromatic N) is 1. The van der Waals surface area contributed by atoms with E-state index < -0.39 is 6.04 Å². The Balaban J connectivity index is 2.16. The summed E-state index contributed by atoms with van der Waals surface area (Å²) in [4.78, 5) is 26.2. The largest absolute Gasteiger partial charge is 0.378 e. The predicted octanol–water partition coefficient (Wildman–Crippen LogP) is 0.783. The summed E-state index contributed by atoms with van der Waals surface area (Å²) in [7, 11) is 0. The van der Waals surface area contributed by atoms with Crippen molar-refractivity contribution in [2.75, 3.05) is 13.2 Å². The summed E-state index contributed by atoms with van der Waals surface area (Å²) in [5.74, 6) is 0.448. The number of amides is 2. The van der Waals surface area contributed by atoms with E-state index in [1.807, 2.05) is 20.8 Å². The zero-order chi connectivity index (χ0) is 14.2. The zero-order valence-electron chi connectivity index (χ0n) is 12.2. The van der Waals surface area contributed by atoms with Crippen LogP contribution in [0, 0.1) is 11.8 Å². The number of nitrogens with one attached hydrogen (secondary N) is 1. The number of ether oxygens (including phenoxy) is 1. The van der Waals surface area contributed by atoms with E-state index in [2.05, 4.69) is 5.32 Å². The Kier molecular flexibility index (Phi) is 4.13. The third kappa shape index (κ3) is 2.76. The minimum atomic E-state index is -0.417. The Labute approximate surface area is 114 Å². The van der Waals surface area contributed by atoms with Crippen molar-refractivity contribution in [3.8, 4) is 0 Å². The van der Waals surface area contributed by atoms with E-state index in [1.165, 1.54) is 0 Å². The molecule has 0 aromatic rings. The molecule has 2 aliphatic heterocycles. The summed E-state index contributed by atoms with van der Waals surface area (Å²) in [5, 5.41) is 2.77. The number of hydrogen-bond donors (Lipinski definition) is 1. The van der Waals surface area contributed by atoms with Gasteiger partial charge in [0.1, 0.15) is 12.1 Å². The van der Waals surface area contributed by atoms with Gasteiger partial charge in [-0.05, 0) is 26.2 Å². The molecule has 2 aliphatic rings. The molecule has 0 radical (unpaired) electrons. The van der Waals surface area contributed by atoms with Crippen molar-refractivity contribution in [2.24, 2.45) is 11.8 Å². The lowest BCUT2D eigenvalue weighted by Crippen LogP contribution is -2.64. The maximum Gasteiger partial charge on any atom is 0.245 e. The molecule has 1 N–H and O–H groups in total. The Hall–Kier alpha value is -1.10. The highest BCUT2D eigenvalue weighted by molar-refractivity contribution is 5.96. The molecular formula is C14H24N2O3. The van der Waals surface area contributed by atoms with Crippen LogP contribution in [0.4, 0.5) is 0 Å². The van der Waals surface area contributed by atoms with Crippen LogP contribution in [-0.4, -0.2) is 48.1 Å².